The van der Waals surface area contributed by atoms with E-state index in [0.717, 1.165) is 23.3 Å². The highest BCUT2D eigenvalue weighted by molar-refractivity contribution is 7.89. The molecule has 0 atom stereocenters. The lowest BCUT2D eigenvalue weighted by atomic mass is 10.1. The van der Waals surface area contributed by atoms with Crippen molar-refractivity contribution < 1.29 is 17.9 Å². The highest BCUT2D eigenvalue weighted by atomic mass is 32.2. The molecule has 2 aromatic rings. The summed E-state index contributed by atoms with van der Waals surface area (Å²) in [6, 6.07) is 12.8. The summed E-state index contributed by atoms with van der Waals surface area (Å²) in [5.41, 5.74) is 1.95. The van der Waals surface area contributed by atoms with Gasteiger partial charge in [0.1, 0.15) is 16.4 Å². The second kappa shape index (κ2) is 8.17. The molecule has 0 bridgehead atoms. The lowest BCUT2D eigenvalue weighted by Gasteiger charge is -2.12. The summed E-state index contributed by atoms with van der Waals surface area (Å²) in [7, 11) is -0.553. The molecule has 0 fully saturated rings. The van der Waals surface area contributed by atoms with Gasteiger partial charge in [0.25, 0.3) is 0 Å². The Morgan fingerprint density at radius 3 is 2.46 bits per heavy atom. The van der Waals surface area contributed by atoms with Gasteiger partial charge >= 0.3 is 0 Å². The van der Waals surface area contributed by atoms with Gasteiger partial charge in [-0.1, -0.05) is 25.1 Å². The Hall–Kier alpha value is -2.05. The summed E-state index contributed by atoms with van der Waals surface area (Å²) >= 11 is 0. The van der Waals surface area contributed by atoms with Crippen molar-refractivity contribution in [3.63, 3.8) is 0 Å². The van der Waals surface area contributed by atoms with E-state index in [1.807, 2.05) is 37.3 Å². The van der Waals surface area contributed by atoms with E-state index in [-0.39, 0.29) is 4.90 Å². The van der Waals surface area contributed by atoms with Crippen molar-refractivity contribution >= 4 is 10.0 Å². The molecule has 0 unspecified atom stereocenters. The van der Waals surface area contributed by atoms with Crippen LogP contribution in [0.2, 0.25) is 0 Å². The van der Waals surface area contributed by atoms with Gasteiger partial charge in [0.2, 0.25) is 10.0 Å². The molecule has 0 aliphatic rings. The predicted molar refractivity (Wildman–Crippen MR) is 94.3 cm³/mol. The van der Waals surface area contributed by atoms with Gasteiger partial charge in [-0.15, -0.1) is 0 Å². The first-order chi connectivity index (χ1) is 11.5. The van der Waals surface area contributed by atoms with Gasteiger partial charge in [-0.05, 0) is 48.2 Å². The number of hydrogen-bond donors (Lipinski definition) is 1. The summed E-state index contributed by atoms with van der Waals surface area (Å²) in [4.78, 5) is 0.176. The third kappa shape index (κ3) is 4.49. The van der Waals surface area contributed by atoms with E-state index in [1.165, 1.54) is 7.11 Å². The van der Waals surface area contributed by atoms with Crippen LogP contribution in [-0.2, 0) is 22.9 Å². The monoisotopic (exact) mass is 349 g/mol. The van der Waals surface area contributed by atoms with Gasteiger partial charge in [-0.3, -0.25) is 0 Å². The zero-order valence-corrected chi connectivity index (χ0v) is 15.0. The summed E-state index contributed by atoms with van der Waals surface area (Å²) in [5.74, 6) is 1.11. The highest BCUT2D eigenvalue weighted by Crippen LogP contribution is 2.25. The van der Waals surface area contributed by atoms with Crippen LogP contribution in [0.3, 0.4) is 0 Å². The molecule has 130 valence electrons. The van der Waals surface area contributed by atoms with Gasteiger partial charge in [-0.2, -0.15) is 0 Å². The zero-order chi connectivity index (χ0) is 17.6. The summed E-state index contributed by atoms with van der Waals surface area (Å²) in [5, 5.41) is 0. The molecule has 0 amide bonds. The maximum absolute atomic E-state index is 12.6. The molecule has 2 aromatic carbocycles. The van der Waals surface area contributed by atoms with E-state index in [2.05, 4.69) is 4.72 Å². The van der Waals surface area contributed by atoms with Crippen LogP contribution in [0.1, 0.15) is 18.1 Å². The normalized spacial score (nSPS) is 11.3. The van der Waals surface area contributed by atoms with E-state index in [1.54, 1.807) is 19.2 Å². The van der Waals surface area contributed by atoms with Gasteiger partial charge in [-0.25, -0.2) is 13.1 Å². The number of hydrogen-bond acceptors (Lipinski definition) is 4. The van der Waals surface area contributed by atoms with Crippen molar-refractivity contribution in [2.24, 2.45) is 0 Å². The minimum Gasteiger partial charge on any atom is -0.497 e. The summed E-state index contributed by atoms with van der Waals surface area (Å²) < 4.78 is 38.2. The first kappa shape index (κ1) is 18.3. The number of nitrogens with one attached hydrogen (secondary N) is 1. The van der Waals surface area contributed by atoms with Crippen molar-refractivity contribution in [2.45, 2.75) is 24.7 Å². The summed E-state index contributed by atoms with van der Waals surface area (Å²) in [6.07, 6.45) is 1.34. The van der Waals surface area contributed by atoms with Crippen LogP contribution in [-0.4, -0.2) is 29.2 Å². The maximum Gasteiger partial charge on any atom is 0.244 e. The Kier molecular flexibility index (Phi) is 6.23. The lowest BCUT2D eigenvalue weighted by Crippen LogP contribution is -2.26. The molecule has 5 nitrogen and oxygen atoms in total. The van der Waals surface area contributed by atoms with E-state index in [0.29, 0.717) is 18.7 Å². The van der Waals surface area contributed by atoms with E-state index in [4.69, 9.17) is 9.47 Å². The fourth-order valence-corrected chi connectivity index (χ4v) is 3.64. The highest BCUT2D eigenvalue weighted by Gasteiger charge is 2.19. The minimum atomic E-state index is -3.63. The van der Waals surface area contributed by atoms with E-state index >= 15 is 0 Å². The van der Waals surface area contributed by atoms with Crippen LogP contribution in [0.4, 0.5) is 0 Å². The molecule has 0 saturated heterocycles. The Morgan fingerprint density at radius 1 is 1.00 bits per heavy atom. The fourth-order valence-electron chi connectivity index (χ4n) is 2.39. The third-order valence-corrected chi connectivity index (χ3v) is 5.25. The second-order valence-corrected chi connectivity index (χ2v) is 7.07. The largest absolute Gasteiger partial charge is 0.497 e. The molecule has 1 N–H and O–H groups in total. The average Bonchev–Trinajstić information content (AvgIpc) is 2.61. The number of rotatable bonds is 8. The standard InChI is InChI=1S/C18H23NO4S/c1-4-14-8-9-17(23-3)18(13-14)24(20,21)19-11-10-15-6-5-7-16(12-15)22-2/h5-9,12-13,19H,4,10-11H2,1-3H3. The number of benzene rings is 2. The molecule has 0 radical (unpaired) electrons. The number of sulfonamides is 1. The van der Waals surface area contributed by atoms with Crippen LogP contribution in [0.15, 0.2) is 47.4 Å². The van der Waals surface area contributed by atoms with Gasteiger partial charge < -0.3 is 9.47 Å². The number of methoxy groups -OCH3 is 2. The average molecular weight is 349 g/mol. The molecule has 6 heteroatoms. The number of aryl methyl sites for hydroxylation is 1. The number of ether oxygens (including phenoxy) is 2. The topological polar surface area (TPSA) is 64.6 Å². The van der Waals surface area contributed by atoms with Crippen molar-refractivity contribution in [3.05, 3.63) is 53.6 Å². The Balaban J connectivity index is 2.11. The molecule has 24 heavy (non-hydrogen) atoms. The second-order valence-electron chi connectivity index (χ2n) is 5.34. The van der Waals surface area contributed by atoms with Crippen LogP contribution in [0, 0.1) is 0 Å². The Bertz CT molecular complexity index is 787. The Morgan fingerprint density at radius 2 is 1.79 bits per heavy atom. The van der Waals surface area contributed by atoms with Crippen molar-refractivity contribution in [3.8, 4) is 11.5 Å². The zero-order valence-electron chi connectivity index (χ0n) is 14.2. The summed E-state index contributed by atoms with van der Waals surface area (Å²) in [6.45, 7) is 2.28. The van der Waals surface area contributed by atoms with Crippen LogP contribution in [0.25, 0.3) is 0 Å². The predicted octanol–water partition coefficient (Wildman–Crippen LogP) is 2.79. The van der Waals surface area contributed by atoms with Crippen molar-refractivity contribution in [1.29, 1.82) is 0 Å². The van der Waals surface area contributed by atoms with E-state index < -0.39 is 10.0 Å². The fraction of sp³-hybridized carbons (Fsp3) is 0.333. The van der Waals surface area contributed by atoms with E-state index in [9.17, 15) is 8.42 Å². The first-order valence-corrected chi connectivity index (χ1v) is 9.28. The van der Waals surface area contributed by atoms with Crippen molar-refractivity contribution in [1.82, 2.24) is 4.72 Å². The molecular weight excluding hydrogens is 326 g/mol. The van der Waals surface area contributed by atoms with Crippen LogP contribution >= 0.6 is 0 Å². The molecule has 0 aliphatic carbocycles. The smallest absolute Gasteiger partial charge is 0.244 e. The molecule has 0 aromatic heterocycles. The van der Waals surface area contributed by atoms with Gasteiger partial charge in [0, 0.05) is 6.54 Å². The van der Waals surface area contributed by atoms with Gasteiger partial charge in [0.05, 0.1) is 14.2 Å². The molecular formula is C18H23NO4S. The molecule has 2 rings (SSSR count). The Labute approximate surface area is 143 Å². The first-order valence-electron chi connectivity index (χ1n) is 7.79. The maximum atomic E-state index is 12.6. The molecule has 0 heterocycles. The quantitative estimate of drug-likeness (QED) is 0.796. The molecule has 0 saturated carbocycles. The van der Waals surface area contributed by atoms with Crippen molar-refractivity contribution in [2.75, 3.05) is 20.8 Å². The third-order valence-electron chi connectivity index (χ3n) is 3.77. The molecule has 0 spiro atoms. The molecule has 0 aliphatic heterocycles. The van der Waals surface area contributed by atoms with Crippen LogP contribution < -0.4 is 14.2 Å². The lowest BCUT2D eigenvalue weighted by molar-refractivity contribution is 0.402. The van der Waals surface area contributed by atoms with Gasteiger partial charge in [0.15, 0.2) is 0 Å². The SMILES string of the molecule is CCc1ccc(OC)c(S(=O)(=O)NCCc2cccc(OC)c2)c1. The van der Waals surface area contributed by atoms with Crippen LogP contribution in [0.5, 0.6) is 11.5 Å². The minimum absolute atomic E-state index is 0.176.